The van der Waals surface area contributed by atoms with E-state index in [0.29, 0.717) is 0 Å². The second-order valence-electron chi connectivity index (χ2n) is 10.3. The molecule has 0 aromatic carbocycles. The van der Waals surface area contributed by atoms with Crippen molar-refractivity contribution in [2.24, 2.45) is 88.6 Å². The Kier molecular flexibility index (Phi) is 1.78. The van der Waals surface area contributed by atoms with E-state index < -0.39 is 0 Å². The van der Waals surface area contributed by atoms with Crippen molar-refractivity contribution in [3.63, 3.8) is 0 Å². The molecule has 7 aliphatic carbocycles. The van der Waals surface area contributed by atoms with Gasteiger partial charge in [-0.25, -0.2) is 0 Å². The molecule has 7 aliphatic rings. The van der Waals surface area contributed by atoms with Crippen LogP contribution in [-0.4, -0.2) is 6.54 Å². The van der Waals surface area contributed by atoms with Gasteiger partial charge in [-0.15, -0.1) is 0 Å². The van der Waals surface area contributed by atoms with Gasteiger partial charge < -0.3 is 5.73 Å². The quantitative estimate of drug-likeness (QED) is 0.735. The first-order valence-electron chi connectivity index (χ1n) is 10.0. The minimum absolute atomic E-state index is 0.941. The molecule has 14 atom stereocenters. The molecule has 7 rings (SSSR count). The lowest BCUT2D eigenvalue weighted by atomic mass is 9.13. The predicted molar refractivity (Wildman–Crippen MR) is 82.1 cm³/mol. The third-order valence-electron chi connectivity index (χ3n) is 10.5. The van der Waals surface area contributed by atoms with Gasteiger partial charge in [0.05, 0.1) is 0 Å². The van der Waals surface area contributed by atoms with Crippen molar-refractivity contribution < 1.29 is 0 Å². The summed E-state index contributed by atoms with van der Waals surface area (Å²) < 4.78 is 0. The fourth-order valence-electron chi connectivity index (χ4n) is 10.1. The molecule has 0 aromatic rings. The number of fused-ring (bicyclic) bond motifs is 16. The van der Waals surface area contributed by atoms with Crippen molar-refractivity contribution in [2.75, 3.05) is 6.54 Å². The number of hydrogen-bond donors (Lipinski definition) is 1. The van der Waals surface area contributed by atoms with E-state index in [1.165, 1.54) is 65.6 Å². The van der Waals surface area contributed by atoms with Gasteiger partial charge in [-0.2, -0.15) is 0 Å². The molecule has 0 spiro atoms. The maximum absolute atomic E-state index is 5.99. The molecule has 14 unspecified atom stereocenters. The van der Waals surface area contributed by atoms with Crippen LogP contribution in [0.25, 0.3) is 0 Å². The standard InChI is InChI=1S/C20H29N/c1-7-2-3-9-10(4-7)14-13(9)17-18(14)19-15-11-5-8(6-21)12(11)16(15)20(17)19/h7-20H,2-6,21H2,1H3. The van der Waals surface area contributed by atoms with Gasteiger partial charge in [-0.3, -0.25) is 0 Å². The van der Waals surface area contributed by atoms with E-state index in [9.17, 15) is 0 Å². The van der Waals surface area contributed by atoms with E-state index in [1.54, 1.807) is 19.3 Å². The molecular weight excluding hydrogens is 254 g/mol. The van der Waals surface area contributed by atoms with E-state index in [1.807, 2.05) is 0 Å². The van der Waals surface area contributed by atoms with Gasteiger partial charge >= 0.3 is 0 Å². The van der Waals surface area contributed by atoms with Gasteiger partial charge in [0.1, 0.15) is 0 Å². The normalized spacial score (nSPS) is 77.4. The zero-order chi connectivity index (χ0) is 13.6. The van der Waals surface area contributed by atoms with Crippen LogP contribution >= 0.6 is 0 Å². The van der Waals surface area contributed by atoms with Crippen molar-refractivity contribution in [3.8, 4) is 0 Å². The molecule has 0 heterocycles. The zero-order valence-electron chi connectivity index (χ0n) is 13.2. The first-order chi connectivity index (χ1) is 10.3. The van der Waals surface area contributed by atoms with Crippen LogP contribution in [0.15, 0.2) is 0 Å². The summed E-state index contributed by atoms with van der Waals surface area (Å²) in [5, 5.41) is 0. The molecular formula is C20H29N. The molecule has 21 heavy (non-hydrogen) atoms. The fraction of sp³-hybridized carbons (Fsp3) is 1.00. The summed E-state index contributed by atoms with van der Waals surface area (Å²) in [5.74, 6) is 16.4. The molecule has 0 amide bonds. The molecule has 1 heteroatoms. The summed E-state index contributed by atoms with van der Waals surface area (Å²) in [4.78, 5) is 0. The molecule has 0 radical (unpaired) electrons. The van der Waals surface area contributed by atoms with Gasteiger partial charge in [-0.1, -0.05) is 13.3 Å². The number of rotatable bonds is 1. The van der Waals surface area contributed by atoms with Gasteiger partial charge in [0.15, 0.2) is 0 Å². The highest BCUT2D eigenvalue weighted by atomic mass is 14.9. The Hall–Kier alpha value is -0.0400. The minimum atomic E-state index is 0.941. The third kappa shape index (κ3) is 0.935. The van der Waals surface area contributed by atoms with Gasteiger partial charge in [0.2, 0.25) is 0 Å². The van der Waals surface area contributed by atoms with Crippen molar-refractivity contribution in [1.29, 1.82) is 0 Å². The summed E-state index contributed by atoms with van der Waals surface area (Å²) in [6.45, 7) is 3.50. The van der Waals surface area contributed by atoms with E-state index in [4.69, 9.17) is 5.73 Å². The Labute approximate surface area is 128 Å². The van der Waals surface area contributed by atoms with Crippen LogP contribution in [0.4, 0.5) is 0 Å². The zero-order valence-corrected chi connectivity index (χ0v) is 13.2. The summed E-state index contributed by atoms with van der Waals surface area (Å²) >= 11 is 0. The Morgan fingerprint density at radius 3 is 2.05 bits per heavy atom. The lowest BCUT2D eigenvalue weighted by Crippen LogP contribution is -2.87. The van der Waals surface area contributed by atoms with Crippen molar-refractivity contribution in [2.45, 2.75) is 32.6 Å². The SMILES string of the molecule is CC1CCC2C(C1)C1C2C2C1C1C3C4CC(CN)C4C3C21. The van der Waals surface area contributed by atoms with Crippen LogP contribution in [0.3, 0.4) is 0 Å². The Morgan fingerprint density at radius 2 is 1.29 bits per heavy atom. The monoisotopic (exact) mass is 283 g/mol. The smallest absolute Gasteiger partial charge is 0.00459 e. The Balaban J connectivity index is 1.15. The van der Waals surface area contributed by atoms with Crippen LogP contribution in [0.5, 0.6) is 0 Å². The topological polar surface area (TPSA) is 26.0 Å². The van der Waals surface area contributed by atoms with Gasteiger partial charge in [0, 0.05) is 0 Å². The summed E-state index contributed by atoms with van der Waals surface area (Å²) in [6, 6.07) is 0. The molecule has 0 aliphatic heterocycles. The molecule has 114 valence electrons. The molecule has 0 aromatic heterocycles. The molecule has 0 saturated heterocycles. The van der Waals surface area contributed by atoms with Crippen molar-refractivity contribution >= 4 is 0 Å². The first-order valence-corrected chi connectivity index (χ1v) is 10.0. The predicted octanol–water partition coefficient (Wildman–Crippen LogP) is 3.25. The molecule has 1 nitrogen and oxygen atoms in total. The van der Waals surface area contributed by atoms with Crippen LogP contribution in [-0.2, 0) is 0 Å². The van der Waals surface area contributed by atoms with E-state index >= 15 is 0 Å². The van der Waals surface area contributed by atoms with Crippen LogP contribution < -0.4 is 5.73 Å². The highest BCUT2D eigenvalue weighted by molar-refractivity contribution is 5.33. The Bertz CT molecular complexity index is 522. The van der Waals surface area contributed by atoms with E-state index in [2.05, 4.69) is 6.92 Å². The number of hydrogen-bond acceptors (Lipinski definition) is 1. The highest BCUT2D eigenvalue weighted by Gasteiger charge is 2.86. The summed E-state index contributed by atoms with van der Waals surface area (Å²) in [5.41, 5.74) is 5.99. The average molecular weight is 283 g/mol. The van der Waals surface area contributed by atoms with E-state index in [-0.39, 0.29) is 0 Å². The Morgan fingerprint density at radius 1 is 0.667 bits per heavy atom. The second kappa shape index (κ2) is 3.25. The minimum Gasteiger partial charge on any atom is -0.330 e. The fourth-order valence-corrected chi connectivity index (χ4v) is 10.1. The van der Waals surface area contributed by atoms with Crippen molar-refractivity contribution in [1.82, 2.24) is 0 Å². The van der Waals surface area contributed by atoms with Gasteiger partial charge in [-0.05, 0) is 109 Å². The third-order valence-corrected chi connectivity index (χ3v) is 10.5. The largest absolute Gasteiger partial charge is 0.330 e. The van der Waals surface area contributed by atoms with Gasteiger partial charge in [0.25, 0.3) is 0 Å². The lowest BCUT2D eigenvalue weighted by molar-refractivity contribution is -0.440. The maximum atomic E-state index is 5.99. The van der Waals surface area contributed by atoms with Crippen LogP contribution in [0, 0.1) is 82.9 Å². The van der Waals surface area contributed by atoms with Crippen LogP contribution in [0.1, 0.15) is 32.6 Å². The summed E-state index contributed by atoms with van der Waals surface area (Å²) in [7, 11) is 0. The second-order valence-corrected chi connectivity index (χ2v) is 10.3. The summed E-state index contributed by atoms with van der Waals surface area (Å²) in [6.07, 6.45) is 6.25. The van der Waals surface area contributed by atoms with Crippen LogP contribution in [0.2, 0.25) is 0 Å². The first kappa shape index (κ1) is 11.5. The number of nitrogens with two attached hydrogens (primary N) is 1. The molecule has 7 saturated carbocycles. The lowest BCUT2D eigenvalue weighted by Gasteiger charge is -2.91. The maximum Gasteiger partial charge on any atom is -0.00459 e. The van der Waals surface area contributed by atoms with Crippen molar-refractivity contribution in [3.05, 3.63) is 0 Å². The highest BCUT2D eigenvalue weighted by Crippen LogP contribution is 2.89. The molecule has 0 bridgehead atoms. The molecule has 7 fully saturated rings. The average Bonchev–Trinajstić information content (AvgIpc) is 2.43. The molecule has 2 N–H and O–H groups in total. The van der Waals surface area contributed by atoms with E-state index in [0.717, 1.165) is 30.2 Å².